The SMILES string of the molecule is CCOC(=O)N1CCC(NC(=O)CCCOc2ccc(C(C)(C)C)cc2)CC1. The van der Waals surface area contributed by atoms with Crippen LogP contribution in [0, 0.1) is 0 Å². The average molecular weight is 391 g/mol. The van der Waals surface area contributed by atoms with E-state index in [1.807, 2.05) is 12.1 Å². The maximum Gasteiger partial charge on any atom is 0.409 e. The minimum atomic E-state index is -0.264. The molecule has 6 nitrogen and oxygen atoms in total. The molecule has 1 aromatic rings. The van der Waals surface area contributed by atoms with E-state index in [9.17, 15) is 9.59 Å². The largest absolute Gasteiger partial charge is 0.494 e. The van der Waals surface area contributed by atoms with Crippen LogP contribution in [0.3, 0.4) is 0 Å². The number of rotatable bonds is 7. The van der Waals surface area contributed by atoms with Crippen molar-refractivity contribution >= 4 is 12.0 Å². The Bertz CT molecular complexity index is 629. The van der Waals surface area contributed by atoms with Crippen molar-refractivity contribution in [2.45, 2.75) is 64.8 Å². The molecule has 1 heterocycles. The Morgan fingerprint density at radius 3 is 2.36 bits per heavy atom. The summed E-state index contributed by atoms with van der Waals surface area (Å²) in [4.78, 5) is 25.5. The Morgan fingerprint density at radius 2 is 1.79 bits per heavy atom. The quantitative estimate of drug-likeness (QED) is 0.718. The minimum absolute atomic E-state index is 0.0428. The lowest BCUT2D eigenvalue weighted by Crippen LogP contribution is -2.46. The van der Waals surface area contributed by atoms with Crippen molar-refractivity contribution < 1.29 is 19.1 Å². The molecule has 2 rings (SSSR count). The molecule has 0 bridgehead atoms. The van der Waals surface area contributed by atoms with Gasteiger partial charge in [-0.05, 0) is 49.3 Å². The number of benzene rings is 1. The van der Waals surface area contributed by atoms with Crippen molar-refractivity contribution in [3.63, 3.8) is 0 Å². The van der Waals surface area contributed by atoms with Crippen LogP contribution in [0.2, 0.25) is 0 Å². The average Bonchev–Trinajstić information content (AvgIpc) is 2.66. The third-order valence-electron chi connectivity index (χ3n) is 4.92. The van der Waals surface area contributed by atoms with E-state index >= 15 is 0 Å². The number of hydrogen-bond acceptors (Lipinski definition) is 4. The first-order valence-corrected chi connectivity index (χ1v) is 10.2. The second kappa shape index (κ2) is 10.3. The first kappa shape index (κ1) is 22.1. The highest BCUT2D eigenvalue weighted by Crippen LogP contribution is 2.24. The highest BCUT2D eigenvalue weighted by molar-refractivity contribution is 5.76. The number of piperidine rings is 1. The van der Waals surface area contributed by atoms with Gasteiger partial charge in [0.05, 0.1) is 13.2 Å². The van der Waals surface area contributed by atoms with Gasteiger partial charge in [-0.3, -0.25) is 4.79 Å². The summed E-state index contributed by atoms with van der Waals surface area (Å²) in [7, 11) is 0. The number of ether oxygens (including phenoxy) is 2. The maximum absolute atomic E-state index is 12.1. The Morgan fingerprint density at radius 1 is 1.14 bits per heavy atom. The topological polar surface area (TPSA) is 67.9 Å². The smallest absolute Gasteiger partial charge is 0.409 e. The number of carbonyl (C=O) groups is 2. The molecule has 0 spiro atoms. The summed E-state index contributed by atoms with van der Waals surface area (Å²) >= 11 is 0. The molecular weight excluding hydrogens is 356 g/mol. The Balaban J connectivity index is 1.61. The van der Waals surface area contributed by atoms with Crippen LogP contribution in [0.4, 0.5) is 4.79 Å². The predicted molar refractivity (Wildman–Crippen MR) is 110 cm³/mol. The van der Waals surface area contributed by atoms with E-state index < -0.39 is 0 Å². The lowest BCUT2D eigenvalue weighted by molar-refractivity contribution is -0.122. The normalized spacial score (nSPS) is 15.2. The zero-order chi connectivity index (χ0) is 20.6. The lowest BCUT2D eigenvalue weighted by atomic mass is 9.87. The number of amides is 2. The van der Waals surface area contributed by atoms with Crippen LogP contribution in [0.25, 0.3) is 0 Å². The summed E-state index contributed by atoms with van der Waals surface area (Å²) in [5, 5.41) is 3.06. The number of likely N-dealkylation sites (tertiary alicyclic amines) is 1. The van der Waals surface area contributed by atoms with E-state index in [1.165, 1.54) is 5.56 Å². The van der Waals surface area contributed by atoms with Gasteiger partial charge in [0.15, 0.2) is 0 Å². The summed E-state index contributed by atoms with van der Waals surface area (Å²) in [6, 6.07) is 8.27. The van der Waals surface area contributed by atoms with Gasteiger partial charge in [-0.2, -0.15) is 0 Å². The van der Waals surface area contributed by atoms with E-state index in [0.29, 0.717) is 39.1 Å². The number of carbonyl (C=O) groups excluding carboxylic acids is 2. The molecule has 0 radical (unpaired) electrons. The molecule has 6 heteroatoms. The van der Waals surface area contributed by atoms with Crippen molar-refractivity contribution in [2.24, 2.45) is 0 Å². The van der Waals surface area contributed by atoms with Crippen LogP contribution in [0.15, 0.2) is 24.3 Å². The summed E-state index contributed by atoms with van der Waals surface area (Å²) in [6.07, 6.45) is 2.38. The van der Waals surface area contributed by atoms with E-state index in [1.54, 1.807) is 11.8 Å². The fourth-order valence-corrected chi connectivity index (χ4v) is 3.19. The lowest BCUT2D eigenvalue weighted by Gasteiger charge is -2.31. The van der Waals surface area contributed by atoms with E-state index in [4.69, 9.17) is 9.47 Å². The zero-order valence-electron chi connectivity index (χ0n) is 17.6. The molecule has 1 saturated heterocycles. The molecule has 0 aromatic heterocycles. The highest BCUT2D eigenvalue weighted by Gasteiger charge is 2.24. The van der Waals surface area contributed by atoms with Crippen molar-refractivity contribution in [1.82, 2.24) is 10.2 Å². The molecule has 1 aliphatic rings. The Hall–Kier alpha value is -2.24. The van der Waals surface area contributed by atoms with Crippen LogP contribution in [-0.2, 0) is 14.9 Å². The summed E-state index contributed by atoms with van der Waals surface area (Å²) in [6.45, 7) is 10.5. The van der Waals surface area contributed by atoms with Crippen LogP contribution in [0.1, 0.15) is 58.9 Å². The predicted octanol–water partition coefficient (Wildman–Crippen LogP) is 3.88. The van der Waals surface area contributed by atoms with E-state index in [0.717, 1.165) is 18.6 Å². The number of nitrogens with one attached hydrogen (secondary N) is 1. The molecule has 0 unspecified atom stereocenters. The fourth-order valence-electron chi connectivity index (χ4n) is 3.19. The summed E-state index contributed by atoms with van der Waals surface area (Å²) in [5.41, 5.74) is 1.40. The summed E-state index contributed by atoms with van der Waals surface area (Å²) in [5.74, 6) is 0.876. The molecule has 156 valence electrons. The molecule has 1 aromatic carbocycles. The molecule has 0 atom stereocenters. The van der Waals surface area contributed by atoms with Gasteiger partial charge in [-0.25, -0.2) is 4.79 Å². The van der Waals surface area contributed by atoms with Gasteiger partial charge in [0, 0.05) is 25.6 Å². The number of nitrogens with zero attached hydrogens (tertiary/aromatic N) is 1. The first-order valence-electron chi connectivity index (χ1n) is 10.2. The van der Waals surface area contributed by atoms with Crippen molar-refractivity contribution in [3.05, 3.63) is 29.8 Å². The van der Waals surface area contributed by atoms with Gasteiger partial charge in [-0.1, -0.05) is 32.9 Å². The third kappa shape index (κ3) is 7.06. The van der Waals surface area contributed by atoms with Crippen LogP contribution >= 0.6 is 0 Å². The molecule has 2 amide bonds. The Labute approximate surface area is 168 Å². The van der Waals surface area contributed by atoms with Crippen LogP contribution in [0.5, 0.6) is 5.75 Å². The van der Waals surface area contributed by atoms with Crippen LogP contribution in [-0.4, -0.2) is 49.2 Å². The van der Waals surface area contributed by atoms with Gasteiger partial charge < -0.3 is 19.7 Å². The molecule has 1 fully saturated rings. The van der Waals surface area contributed by atoms with Gasteiger partial charge in [0.25, 0.3) is 0 Å². The van der Waals surface area contributed by atoms with Gasteiger partial charge >= 0.3 is 6.09 Å². The third-order valence-corrected chi connectivity index (χ3v) is 4.92. The molecule has 0 aliphatic carbocycles. The monoisotopic (exact) mass is 390 g/mol. The standard InChI is InChI=1S/C22H34N2O4/c1-5-27-21(26)24-14-12-18(13-15-24)23-20(25)7-6-16-28-19-10-8-17(9-11-19)22(2,3)4/h8-11,18H,5-7,12-16H2,1-4H3,(H,23,25). The summed E-state index contributed by atoms with van der Waals surface area (Å²) < 4.78 is 10.7. The Kier molecular flexibility index (Phi) is 8.15. The maximum atomic E-state index is 12.1. The van der Waals surface area contributed by atoms with Gasteiger partial charge in [-0.15, -0.1) is 0 Å². The fraction of sp³-hybridized carbons (Fsp3) is 0.636. The molecule has 1 aliphatic heterocycles. The molecule has 1 N–H and O–H groups in total. The van der Waals surface area contributed by atoms with Gasteiger partial charge in [0.2, 0.25) is 5.91 Å². The number of hydrogen-bond donors (Lipinski definition) is 1. The van der Waals surface area contributed by atoms with Crippen LogP contribution < -0.4 is 10.1 Å². The van der Waals surface area contributed by atoms with Crippen molar-refractivity contribution in [3.8, 4) is 5.75 Å². The second-order valence-corrected chi connectivity index (χ2v) is 8.25. The van der Waals surface area contributed by atoms with E-state index in [2.05, 4.69) is 38.2 Å². The van der Waals surface area contributed by atoms with Crippen molar-refractivity contribution in [1.29, 1.82) is 0 Å². The molecule has 0 saturated carbocycles. The second-order valence-electron chi connectivity index (χ2n) is 8.25. The molecule has 28 heavy (non-hydrogen) atoms. The van der Waals surface area contributed by atoms with E-state index in [-0.39, 0.29) is 23.5 Å². The molecular formula is C22H34N2O4. The first-order chi connectivity index (χ1) is 13.3. The highest BCUT2D eigenvalue weighted by atomic mass is 16.6. The zero-order valence-corrected chi connectivity index (χ0v) is 17.6. The minimum Gasteiger partial charge on any atom is -0.494 e. The van der Waals surface area contributed by atoms with Crippen molar-refractivity contribution in [2.75, 3.05) is 26.3 Å². The van der Waals surface area contributed by atoms with Gasteiger partial charge in [0.1, 0.15) is 5.75 Å².